The van der Waals surface area contributed by atoms with Gasteiger partial charge in [0.15, 0.2) is 0 Å². The van der Waals surface area contributed by atoms with Gasteiger partial charge in [0.05, 0.1) is 11.0 Å². The number of hydrogen-bond donors (Lipinski definition) is 2. The van der Waals surface area contributed by atoms with Gasteiger partial charge >= 0.3 is 0 Å². The molecule has 0 radical (unpaired) electrons. The number of methoxy groups -OCH3 is 1. The number of nitrogens with two attached hydrogens (primary N) is 1. The molecule has 2 heterocycles. The minimum atomic E-state index is -0.473. The molecular formula is C27H34ClN5O3. The Hall–Kier alpha value is -2.94. The summed E-state index contributed by atoms with van der Waals surface area (Å²) in [7, 11) is 1.71. The number of aromatic nitrogens is 2. The number of fused-ring (bicyclic) bond motifs is 1. The van der Waals surface area contributed by atoms with Crippen LogP contribution in [-0.2, 0) is 16.1 Å². The Morgan fingerprint density at radius 2 is 2.08 bits per heavy atom. The average molecular weight is 512 g/mol. The van der Waals surface area contributed by atoms with Gasteiger partial charge in [-0.2, -0.15) is 0 Å². The van der Waals surface area contributed by atoms with Gasteiger partial charge in [0.25, 0.3) is 5.91 Å². The highest BCUT2D eigenvalue weighted by Crippen LogP contribution is 2.30. The number of likely N-dealkylation sites (tertiary alicyclic amines) is 1. The smallest absolute Gasteiger partial charge is 0.251 e. The van der Waals surface area contributed by atoms with Crippen LogP contribution in [0.5, 0.6) is 0 Å². The van der Waals surface area contributed by atoms with Gasteiger partial charge in [-0.15, -0.1) is 0 Å². The summed E-state index contributed by atoms with van der Waals surface area (Å²) in [5.74, 6) is 0.941. The average Bonchev–Trinajstić information content (AvgIpc) is 3.26. The second-order valence-electron chi connectivity index (χ2n) is 9.32. The van der Waals surface area contributed by atoms with Crippen LogP contribution in [0.15, 0.2) is 48.5 Å². The van der Waals surface area contributed by atoms with E-state index in [1.165, 1.54) is 0 Å². The van der Waals surface area contributed by atoms with Gasteiger partial charge in [-0.25, -0.2) is 4.98 Å². The quantitative estimate of drug-likeness (QED) is 0.405. The third kappa shape index (κ3) is 6.43. The van der Waals surface area contributed by atoms with Crippen LogP contribution in [-0.4, -0.2) is 65.7 Å². The molecule has 0 unspecified atom stereocenters. The molecule has 8 nitrogen and oxygen atoms in total. The predicted octanol–water partition coefficient (Wildman–Crippen LogP) is 3.58. The summed E-state index contributed by atoms with van der Waals surface area (Å²) in [6.45, 7) is 3.05. The third-order valence-corrected chi connectivity index (χ3v) is 6.84. The fourth-order valence-corrected chi connectivity index (χ4v) is 4.99. The van der Waals surface area contributed by atoms with E-state index in [1.54, 1.807) is 31.4 Å². The molecule has 192 valence electrons. The molecule has 0 bridgehead atoms. The molecule has 1 aromatic heterocycles. The number of aryl methyl sites for hydroxylation is 1. The van der Waals surface area contributed by atoms with Crippen LogP contribution in [0, 0.1) is 0 Å². The predicted molar refractivity (Wildman–Crippen MR) is 141 cm³/mol. The minimum absolute atomic E-state index is 0.00579. The van der Waals surface area contributed by atoms with Crippen molar-refractivity contribution in [2.45, 2.75) is 44.2 Å². The Bertz CT molecular complexity index is 1200. The van der Waals surface area contributed by atoms with Crippen molar-refractivity contribution >= 4 is 34.4 Å². The summed E-state index contributed by atoms with van der Waals surface area (Å²) in [6.07, 6.45) is 2.97. The second kappa shape index (κ2) is 12.3. The van der Waals surface area contributed by atoms with Crippen molar-refractivity contribution in [3.05, 3.63) is 64.9 Å². The van der Waals surface area contributed by atoms with E-state index >= 15 is 0 Å². The van der Waals surface area contributed by atoms with Crippen LogP contribution in [0.2, 0.25) is 5.02 Å². The number of carbonyl (C=O) groups is 2. The summed E-state index contributed by atoms with van der Waals surface area (Å²) < 4.78 is 7.54. The molecule has 0 aliphatic carbocycles. The molecule has 3 aromatic rings. The summed E-state index contributed by atoms with van der Waals surface area (Å²) in [5, 5.41) is 3.29. The molecule has 2 amide bonds. The molecule has 9 heteroatoms. The molecule has 1 fully saturated rings. The largest absolute Gasteiger partial charge is 0.385 e. The normalized spacial score (nSPS) is 16.8. The summed E-state index contributed by atoms with van der Waals surface area (Å²) >= 11 is 5.96. The third-order valence-electron chi connectivity index (χ3n) is 6.60. The van der Waals surface area contributed by atoms with Crippen LogP contribution in [0.4, 0.5) is 0 Å². The van der Waals surface area contributed by atoms with Gasteiger partial charge in [0.1, 0.15) is 5.82 Å². The van der Waals surface area contributed by atoms with Crippen molar-refractivity contribution in [2.75, 3.05) is 33.4 Å². The first-order chi connectivity index (χ1) is 17.5. The number of para-hydroxylation sites is 2. The van der Waals surface area contributed by atoms with Gasteiger partial charge < -0.3 is 25.3 Å². The molecule has 2 aromatic carbocycles. The number of benzene rings is 2. The topological polar surface area (TPSA) is 102 Å². The highest BCUT2D eigenvalue weighted by atomic mass is 35.5. The number of hydrogen-bond acceptors (Lipinski definition) is 5. The van der Waals surface area contributed by atoms with E-state index in [-0.39, 0.29) is 30.7 Å². The Morgan fingerprint density at radius 1 is 1.25 bits per heavy atom. The fraction of sp³-hybridized carbons (Fsp3) is 0.444. The van der Waals surface area contributed by atoms with E-state index < -0.39 is 6.04 Å². The number of nitrogens with one attached hydrogen (secondary N) is 1. The lowest BCUT2D eigenvalue weighted by Gasteiger charge is -2.33. The molecule has 1 aliphatic rings. The molecular weight excluding hydrogens is 478 g/mol. The number of rotatable bonds is 10. The SMILES string of the molecule is COCCCn1c([C@@H]2CCCN(C(=O)C[C@H](N)CNC(=O)c3cccc(Cl)c3)C2)nc2ccccc21. The molecule has 0 spiro atoms. The summed E-state index contributed by atoms with van der Waals surface area (Å²) in [4.78, 5) is 32.3. The lowest BCUT2D eigenvalue weighted by atomic mass is 9.96. The molecule has 1 aliphatic heterocycles. The Balaban J connectivity index is 1.36. The van der Waals surface area contributed by atoms with Crippen LogP contribution < -0.4 is 11.1 Å². The Labute approximate surface area is 216 Å². The zero-order valence-electron chi connectivity index (χ0n) is 20.7. The second-order valence-corrected chi connectivity index (χ2v) is 9.76. The van der Waals surface area contributed by atoms with Crippen molar-refractivity contribution in [3.63, 3.8) is 0 Å². The van der Waals surface area contributed by atoms with Crippen molar-refractivity contribution in [1.29, 1.82) is 0 Å². The van der Waals surface area contributed by atoms with Crippen molar-refractivity contribution in [3.8, 4) is 0 Å². The van der Waals surface area contributed by atoms with Gasteiger partial charge in [0, 0.05) is 68.9 Å². The van der Waals surface area contributed by atoms with E-state index in [2.05, 4.69) is 16.0 Å². The standard InChI is InChI=1S/C27H34ClN5O3/c1-36-14-6-13-33-24-11-3-2-10-23(24)31-26(33)20-8-5-12-32(18-20)25(34)16-22(29)17-30-27(35)19-7-4-9-21(28)15-19/h2-4,7,9-11,15,20,22H,5-6,8,12-14,16-18,29H2,1H3,(H,30,35)/t20-,22+/m1/s1. The van der Waals surface area contributed by atoms with Crippen LogP contribution in [0.1, 0.15) is 47.8 Å². The zero-order valence-corrected chi connectivity index (χ0v) is 21.4. The highest BCUT2D eigenvalue weighted by molar-refractivity contribution is 6.30. The first-order valence-corrected chi connectivity index (χ1v) is 12.8. The van der Waals surface area contributed by atoms with Crippen LogP contribution >= 0.6 is 11.6 Å². The maximum absolute atomic E-state index is 13.1. The highest BCUT2D eigenvalue weighted by Gasteiger charge is 2.29. The van der Waals surface area contributed by atoms with Gasteiger partial charge in [-0.1, -0.05) is 29.8 Å². The first kappa shape index (κ1) is 26.1. The Kier molecular flexibility index (Phi) is 8.96. The number of nitrogens with zero attached hydrogens (tertiary/aromatic N) is 3. The van der Waals surface area contributed by atoms with E-state index in [4.69, 9.17) is 27.1 Å². The Morgan fingerprint density at radius 3 is 2.89 bits per heavy atom. The maximum atomic E-state index is 13.1. The van der Waals surface area contributed by atoms with Crippen LogP contribution in [0.3, 0.4) is 0 Å². The fourth-order valence-electron chi connectivity index (χ4n) is 4.80. The number of imidazole rings is 1. The molecule has 1 saturated heterocycles. The number of ether oxygens (including phenoxy) is 1. The van der Waals surface area contributed by atoms with E-state index in [0.29, 0.717) is 30.3 Å². The van der Waals surface area contributed by atoms with Gasteiger partial charge in [0.2, 0.25) is 5.91 Å². The van der Waals surface area contributed by atoms with E-state index in [9.17, 15) is 9.59 Å². The number of halogens is 1. The number of carbonyl (C=O) groups excluding carboxylic acids is 2. The van der Waals surface area contributed by atoms with Gasteiger partial charge in [-0.3, -0.25) is 9.59 Å². The first-order valence-electron chi connectivity index (χ1n) is 12.5. The minimum Gasteiger partial charge on any atom is -0.385 e. The molecule has 3 N–H and O–H groups in total. The monoisotopic (exact) mass is 511 g/mol. The van der Waals surface area contributed by atoms with E-state index in [1.807, 2.05) is 23.1 Å². The number of amides is 2. The van der Waals surface area contributed by atoms with Crippen molar-refractivity contribution in [1.82, 2.24) is 19.8 Å². The zero-order chi connectivity index (χ0) is 25.5. The molecule has 36 heavy (non-hydrogen) atoms. The lowest BCUT2D eigenvalue weighted by molar-refractivity contribution is -0.132. The number of piperidine rings is 1. The summed E-state index contributed by atoms with van der Waals surface area (Å²) in [5.41, 5.74) is 8.77. The van der Waals surface area contributed by atoms with Crippen molar-refractivity contribution in [2.24, 2.45) is 5.73 Å². The molecule has 0 saturated carbocycles. The van der Waals surface area contributed by atoms with Gasteiger partial charge in [-0.05, 0) is 49.6 Å². The van der Waals surface area contributed by atoms with Crippen molar-refractivity contribution < 1.29 is 14.3 Å². The maximum Gasteiger partial charge on any atom is 0.251 e. The lowest BCUT2D eigenvalue weighted by Crippen LogP contribution is -2.45. The van der Waals surface area contributed by atoms with E-state index in [0.717, 1.165) is 42.7 Å². The van der Waals surface area contributed by atoms with Crippen LogP contribution in [0.25, 0.3) is 11.0 Å². The molecule has 4 rings (SSSR count). The molecule has 2 atom stereocenters. The summed E-state index contributed by atoms with van der Waals surface area (Å²) in [6, 6.07) is 14.4.